The van der Waals surface area contributed by atoms with Crippen molar-refractivity contribution in [2.24, 2.45) is 0 Å². The van der Waals surface area contributed by atoms with Crippen LogP contribution in [0.4, 0.5) is 5.82 Å². The molecule has 0 bridgehead atoms. The van der Waals surface area contributed by atoms with E-state index < -0.39 is 10.0 Å². The Balaban J connectivity index is 2.04. The molecule has 116 valence electrons. The summed E-state index contributed by atoms with van der Waals surface area (Å²) in [6.07, 6.45) is 5.46. The highest BCUT2D eigenvalue weighted by atomic mass is 32.2. The average molecular weight is 328 g/mol. The van der Waals surface area contributed by atoms with Gasteiger partial charge in [-0.15, -0.1) is 11.3 Å². The number of anilines is 1. The second-order valence-corrected chi connectivity index (χ2v) is 7.92. The van der Waals surface area contributed by atoms with Gasteiger partial charge in [-0.1, -0.05) is 6.92 Å². The molecule has 21 heavy (non-hydrogen) atoms. The quantitative estimate of drug-likeness (QED) is 0.854. The van der Waals surface area contributed by atoms with Gasteiger partial charge in [-0.25, -0.2) is 18.1 Å². The van der Waals surface area contributed by atoms with E-state index >= 15 is 0 Å². The average Bonchev–Trinajstić information content (AvgIpc) is 2.94. The van der Waals surface area contributed by atoms with Crippen LogP contribution in [-0.4, -0.2) is 29.9 Å². The van der Waals surface area contributed by atoms with Crippen LogP contribution in [-0.2, 0) is 10.0 Å². The first-order chi connectivity index (χ1) is 10.0. The number of sulfonamides is 1. The van der Waals surface area contributed by atoms with Crippen molar-refractivity contribution in [3.63, 3.8) is 0 Å². The highest BCUT2D eigenvalue weighted by Crippen LogP contribution is 2.37. The summed E-state index contributed by atoms with van der Waals surface area (Å²) in [5, 5.41) is 5.12. The third-order valence-corrected chi connectivity index (χ3v) is 6.51. The standard InChI is InChI=1S/C13H20N4O2S2/c1-3-13(6-5-7-13)16-21(18,19)11-10(14-4-2)15-12-17(11)8-9-20-12/h8-9,14,16H,3-7H2,1-2H3. The second-order valence-electron chi connectivity index (χ2n) is 5.44. The lowest BCUT2D eigenvalue weighted by molar-refractivity contribution is 0.213. The molecule has 3 rings (SSSR count). The minimum Gasteiger partial charge on any atom is -0.368 e. The van der Waals surface area contributed by atoms with Gasteiger partial charge in [-0.2, -0.15) is 0 Å². The fourth-order valence-corrected chi connectivity index (χ4v) is 5.33. The summed E-state index contributed by atoms with van der Waals surface area (Å²) >= 11 is 1.43. The van der Waals surface area contributed by atoms with Crippen LogP contribution < -0.4 is 10.0 Å². The van der Waals surface area contributed by atoms with Crippen LogP contribution in [0, 0.1) is 0 Å². The van der Waals surface area contributed by atoms with Crippen LogP contribution >= 0.6 is 11.3 Å². The Kier molecular flexibility index (Phi) is 3.71. The third-order valence-electron chi connectivity index (χ3n) is 4.16. The maximum absolute atomic E-state index is 12.9. The molecular formula is C13H20N4O2S2. The molecule has 2 heterocycles. The minimum atomic E-state index is -3.60. The Bertz CT molecular complexity index is 738. The van der Waals surface area contributed by atoms with Crippen LogP contribution in [0.1, 0.15) is 39.5 Å². The molecule has 0 aromatic carbocycles. The van der Waals surface area contributed by atoms with Crippen molar-refractivity contribution in [3.8, 4) is 0 Å². The molecule has 0 atom stereocenters. The minimum absolute atomic E-state index is 0.223. The molecule has 8 heteroatoms. The van der Waals surface area contributed by atoms with Gasteiger partial charge in [0.05, 0.1) is 0 Å². The molecule has 0 radical (unpaired) electrons. The largest absolute Gasteiger partial charge is 0.368 e. The maximum atomic E-state index is 12.9. The molecule has 1 saturated carbocycles. The lowest BCUT2D eigenvalue weighted by Gasteiger charge is -2.41. The van der Waals surface area contributed by atoms with Crippen LogP contribution in [0.2, 0.25) is 0 Å². The number of hydrogen-bond donors (Lipinski definition) is 2. The van der Waals surface area contributed by atoms with Crippen molar-refractivity contribution in [2.75, 3.05) is 11.9 Å². The van der Waals surface area contributed by atoms with E-state index in [1.807, 2.05) is 19.2 Å². The molecule has 2 N–H and O–H groups in total. The van der Waals surface area contributed by atoms with Gasteiger partial charge in [0.2, 0.25) is 0 Å². The molecule has 2 aromatic rings. The van der Waals surface area contributed by atoms with E-state index in [4.69, 9.17) is 0 Å². The molecule has 0 saturated heterocycles. The molecule has 1 aliphatic carbocycles. The molecule has 6 nitrogen and oxygen atoms in total. The van der Waals surface area contributed by atoms with E-state index in [2.05, 4.69) is 15.0 Å². The Hall–Kier alpha value is -1.12. The normalized spacial score (nSPS) is 17.8. The zero-order valence-electron chi connectivity index (χ0n) is 12.2. The second kappa shape index (κ2) is 5.26. The number of imidazole rings is 1. The Morgan fingerprint density at radius 2 is 2.19 bits per heavy atom. The molecule has 1 aliphatic rings. The summed E-state index contributed by atoms with van der Waals surface area (Å²) in [7, 11) is -3.60. The zero-order chi connectivity index (χ0) is 15.1. The maximum Gasteiger partial charge on any atom is 0.260 e. The van der Waals surface area contributed by atoms with E-state index in [1.54, 1.807) is 10.6 Å². The first kappa shape index (κ1) is 14.8. The fraction of sp³-hybridized carbons (Fsp3) is 0.615. The van der Waals surface area contributed by atoms with Crippen molar-refractivity contribution in [3.05, 3.63) is 11.6 Å². The molecule has 2 aromatic heterocycles. The van der Waals surface area contributed by atoms with Crippen molar-refractivity contribution in [1.29, 1.82) is 0 Å². The van der Waals surface area contributed by atoms with Crippen molar-refractivity contribution in [1.82, 2.24) is 14.1 Å². The zero-order valence-corrected chi connectivity index (χ0v) is 13.9. The monoisotopic (exact) mass is 328 g/mol. The van der Waals surface area contributed by atoms with Gasteiger partial charge in [0.1, 0.15) is 0 Å². The van der Waals surface area contributed by atoms with E-state index in [-0.39, 0.29) is 10.6 Å². The predicted molar refractivity (Wildman–Crippen MR) is 84.4 cm³/mol. The third kappa shape index (κ3) is 2.45. The van der Waals surface area contributed by atoms with Gasteiger partial charge in [-0.05, 0) is 32.6 Å². The van der Waals surface area contributed by atoms with Crippen molar-refractivity contribution in [2.45, 2.75) is 50.1 Å². The Morgan fingerprint density at radius 1 is 1.43 bits per heavy atom. The van der Waals surface area contributed by atoms with Gasteiger partial charge >= 0.3 is 0 Å². The Labute approximate surface area is 128 Å². The van der Waals surface area contributed by atoms with Gasteiger partial charge in [0, 0.05) is 23.7 Å². The molecule has 1 fully saturated rings. The van der Waals surface area contributed by atoms with E-state index in [0.29, 0.717) is 17.3 Å². The summed E-state index contributed by atoms with van der Waals surface area (Å²) in [4.78, 5) is 5.07. The fourth-order valence-electron chi connectivity index (χ4n) is 2.77. The van der Waals surface area contributed by atoms with E-state index in [1.165, 1.54) is 11.3 Å². The number of nitrogens with zero attached hydrogens (tertiary/aromatic N) is 2. The lowest BCUT2D eigenvalue weighted by Crippen LogP contribution is -2.53. The molecule has 0 spiro atoms. The van der Waals surface area contributed by atoms with Crippen LogP contribution in [0.3, 0.4) is 0 Å². The van der Waals surface area contributed by atoms with Crippen molar-refractivity contribution >= 4 is 32.1 Å². The predicted octanol–water partition coefficient (Wildman–Crippen LogP) is 2.44. The molecule has 0 unspecified atom stereocenters. The highest BCUT2D eigenvalue weighted by molar-refractivity contribution is 7.89. The number of fused-ring (bicyclic) bond motifs is 1. The van der Waals surface area contributed by atoms with Crippen LogP contribution in [0.5, 0.6) is 0 Å². The number of aromatic nitrogens is 2. The van der Waals surface area contributed by atoms with E-state index in [0.717, 1.165) is 25.7 Å². The molecule has 0 amide bonds. The van der Waals surface area contributed by atoms with Gasteiger partial charge in [0.15, 0.2) is 15.8 Å². The molecule has 0 aliphatic heterocycles. The van der Waals surface area contributed by atoms with E-state index in [9.17, 15) is 8.42 Å². The first-order valence-electron chi connectivity index (χ1n) is 7.25. The number of hydrogen-bond acceptors (Lipinski definition) is 5. The van der Waals surface area contributed by atoms with Gasteiger partial charge in [0.25, 0.3) is 10.0 Å². The van der Waals surface area contributed by atoms with Crippen molar-refractivity contribution < 1.29 is 8.42 Å². The number of nitrogens with one attached hydrogen (secondary N) is 2. The topological polar surface area (TPSA) is 75.5 Å². The highest BCUT2D eigenvalue weighted by Gasteiger charge is 2.40. The summed E-state index contributed by atoms with van der Waals surface area (Å²) in [5.41, 5.74) is -0.275. The Morgan fingerprint density at radius 3 is 2.76 bits per heavy atom. The summed E-state index contributed by atoms with van der Waals surface area (Å²) < 4.78 is 30.3. The van der Waals surface area contributed by atoms with Crippen LogP contribution in [0.25, 0.3) is 4.96 Å². The first-order valence-corrected chi connectivity index (χ1v) is 9.61. The number of thiazole rings is 1. The molecular weight excluding hydrogens is 308 g/mol. The lowest BCUT2D eigenvalue weighted by atomic mass is 9.76. The summed E-state index contributed by atoms with van der Waals surface area (Å²) in [6, 6.07) is 0. The van der Waals surface area contributed by atoms with Crippen LogP contribution in [0.15, 0.2) is 16.6 Å². The summed E-state index contributed by atoms with van der Waals surface area (Å²) in [6.45, 7) is 4.59. The number of rotatable bonds is 6. The van der Waals surface area contributed by atoms with Gasteiger partial charge in [-0.3, -0.25) is 4.40 Å². The summed E-state index contributed by atoms with van der Waals surface area (Å²) in [5.74, 6) is 0.433. The van der Waals surface area contributed by atoms with Gasteiger partial charge < -0.3 is 5.32 Å². The smallest absolute Gasteiger partial charge is 0.260 e. The SMILES string of the molecule is CCNc1nc2sccn2c1S(=O)(=O)NC1(CC)CCC1.